The molecule has 4 aliphatic carbocycles. The number of rotatable bonds is 30. The van der Waals surface area contributed by atoms with Crippen LogP contribution >= 0.6 is 0 Å². The average molecular weight is 1790 g/mol. The standard InChI is InChI=1S/C28H28O6.2C27H26O6.C26H24O6/c1-16(2)26(29)32-15-21-8-7-20-11-19(9-10-25(20)21)22-12-23(33-27(30)17(3)4)14-24(13-22)34-28(31)18(5)6;1-15(2)25(28)31-22-10-19-8-7-18(9-20(19)11-22)21-12-23(32-26(29)16(3)4)14-24(13-21)33-27(30)17(5)6;1-6-25(28)31-15-20-8-7-19-11-18(9-10-24(19)20)21-12-22(32-26(29)16(2)3)14-23(13-21)33-27(30)17(4)5;1-6-24(27)30-21-10-18-8-7-17(9-19(18)11-21)20-12-22(31-25(28)15(2)3)14-23(13-20)32-26(29)16(4)5/h9-14,21H,1,3,5,7-8,15H2,2,4,6H3;7-9,12-14,22H,1,3,5,10-11H2,2,4,6H3;6,9-14,20H,1-2,4,7-8,15H2,3,5H3;6-9,12-14,21H,1-2,4,10-11H2,3,5H3. The van der Waals surface area contributed by atoms with Gasteiger partial charge in [0.25, 0.3) is 0 Å². The monoisotopic (exact) mass is 1780 g/mol. The molecule has 0 saturated heterocycles. The Hall–Kier alpha value is -15.7. The molecule has 12 rings (SSSR count). The molecule has 0 spiro atoms. The number of carbonyl (C=O) groups excluding carboxylic acids is 12. The number of carbonyl (C=O) groups is 12. The van der Waals surface area contributed by atoms with E-state index in [-0.39, 0.29) is 121 Å². The summed E-state index contributed by atoms with van der Waals surface area (Å²) in [6.45, 7) is 59.1. The highest BCUT2D eigenvalue weighted by molar-refractivity contribution is 5.95. The molecule has 8 aromatic carbocycles. The Morgan fingerprint density at radius 3 is 0.750 bits per heavy atom. The van der Waals surface area contributed by atoms with Crippen molar-refractivity contribution in [1.29, 1.82) is 0 Å². The second-order valence-corrected chi connectivity index (χ2v) is 32.5. The normalized spacial score (nSPS) is 14.1. The maximum atomic E-state index is 12.1. The van der Waals surface area contributed by atoms with Crippen LogP contribution in [0.1, 0.15) is 138 Å². The molecule has 0 aliphatic heterocycles. The molecule has 0 N–H and O–H groups in total. The predicted octanol–water partition coefficient (Wildman–Crippen LogP) is 20.0. The van der Waals surface area contributed by atoms with Gasteiger partial charge in [-0.3, -0.25) is 0 Å². The summed E-state index contributed by atoms with van der Waals surface area (Å²) < 4.78 is 64.5. The van der Waals surface area contributed by atoms with Gasteiger partial charge in [0.05, 0.1) is 13.2 Å². The fraction of sp³-hybridized carbons (Fsp3) is 0.222. The van der Waals surface area contributed by atoms with Crippen molar-refractivity contribution in [3.8, 4) is 90.5 Å². The Morgan fingerprint density at radius 2 is 0.492 bits per heavy atom. The van der Waals surface area contributed by atoms with Crippen LogP contribution in [0.2, 0.25) is 0 Å². The van der Waals surface area contributed by atoms with Gasteiger partial charge in [-0.1, -0.05) is 152 Å². The Labute approximate surface area is 767 Å². The van der Waals surface area contributed by atoms with Crippen molar-refractivity contribution in [2.75, 3.05) is 13.2 Å². The molecule has 0 aromatic heterocycles. The summed E-state index contributed by atoms with van der Waals surface area (Å²) in [5, 5.41) is 0. The highest BCUT2D eigenvalue weighted by Crippen LogP contribution is 2.43. The van der Waals surface area contributed by atoms with Crippen LogP contribution in [0.5, 0.6) is 46.0 Å². The van der Waals surface area contributed by atoms with Crippen molar-refractivity contribution >= 4 is 71.6 Å². The van der Waals surface area contributed by atoms with E-state index in [2.05, 4.69) is 91.1 Å². The van der Waals surface area contributed by atoms with E-state index in [9.17, 15) is 57.5 Å². The first kappa shape index (κ1) is 100. The molecule has 4 aliphatic rings. The lowest BCUT2D eigenvalue weighted by Crippen LogP contribution is -2.18. The molecule has 0 saturated carbocycles. The average Bonchev–Trinajstić information content (AvgIpc) is 1.61. The first-order chi connectivity index (χ1) is 62.4. The van der Waals surface area contributed by atoms with E-state index in [0.29, 0.717) is 61.2 Å². The zero-order chi connectivity index (χ0) is 96.8. The minimum absolute atomic E-state index is 0.127. The molecule has 4 atom stereocenters. The molecule has 0 heterocycles. The highest BCUT2D eigenvalue weighted by atomic mass is 16.6. The summed E-state index contributed by atoms with van der Waals surface area (Å²) >= 11 is 0. The minimum Gasteiger partial charge on any atom is -0.462 e. The van der Waals surface area contributed by atoms with Gasteiger partial charge in [0, 0.05) is 130 Å². The van der Waals surface area contributed by atoms with Crippen LogP contribution in [-0.2, 0) is 115 Å². The first-order valence-electron chi connectivity index (χ1n) is 41.9. The van der Waals surface area contributed by atoms with Crippen LogP contribution in [0.3, 0.4) is 0 Å². The van der Waals surface area contributed by atoms with Gasteiger partial charge in [-0.05, 0) is 232 Å². The number of fused-ring (bicyclic) bond motifs is 4. The predicted molar refractivity (Wildman–Crippen MR) is 500 cm³/mol. The van der Waals surface area contributed by atoms with Gasteiger partial charge in [-0.15, -0.1) is 0 Å². The van der Waals surface area contributed by atoms with E-state index >= 15 is 0 Å². The lowest BCUT2D eigenvalue weighted by atomic mass is 9.97. The van der Waals surface area contributed by atoms with E-state index < -0.39 is 65.7 Å². The van der Waals surface area contributed by atoms with E-state index in [1.807, 2.05) is 60.7 Å². The van der Waals surface area contributed by atoms with Crippen molar-refractivity contribution in [3.63, 3.8) is 0 Å². The van der Waals surface area contributed by atoms with Gasteiger partial charge in [0.1, 0.15) is 58.2 Å². The molecular weight excluding hydrogens is 1680 g/mol. The van der Waals surface area contributed by atoms with E-state index in [4.69, 9.17) is 56.8 Å². The van der Waals surface area contributed by atoms with Crippen molar-refractivity contribution < 1.29 is 114 Å². The van der Waals surface area contributed by atoms with Crippen LogP contribution in [0.15, 0.2) is 292 Å². The largest absolute Gasteiger partial charge is 0.462 e. The maximum Gasteiger partial charge on any atom is 0.338 e. The molecule has 0 amide bonds. The van der Waals surface area contributed by atoms with E-state index in [0.717, 1.165) is 116 Å². The van der Waals surface area contributed by atoms with Crippen LogP contribution in [0, 0.1) is 0 Å². The third kappa shape index (κ3) is 28.1. The summed E-state index contributed by atoms with van der Waals surface area (Å²) in [6.07, 6.45) is 7.72. The second kappa shape index (κ2) is 45.3. The number of benzene rings is 8. The summed E-state index contributed by atoms with van der Waals surface area (Å²) in [5.41, 5.74) is 17.8. The fourth-order valence-electron chi connectivity index (χ4n) is 13.8. The van der Waals surface area contributed by atoms with Crippen LogP contribution in [-0.4, -0.2) is 97.1 Å². The first-order valence-corrected chi connectivity index (χ1v) is 41.9. The molecule has 680 valence electrons. The van der Waals surface area contributed by atoms with E-state index in [1.54, 1.807) is 118 Å². The molecule has 8 aromatic rings. The summed E-state index contributed by atoms with van der Waals surface area (Å²) in [4.78, 5) is 143. The Bertz CT molecular complexity index is 5980. The van der Waals surface area contributed by atoms with Gasteiger partial charge in [0.2, 0.25) is 0 Å². The summed E-state index contributed by atoms with van der Waals surface area (Å²) in [6, 6.07) is 43.2. The third-order valence-corrected chi connectivity index (χ3v) is 20.6. The molecule has 0 fully saturated rings. The Kier molecular flexibility index (Phi) is 34.3. The van der Waals surface area contributed by atoms with E-state index in [1.165, 1.54) is 24.3 Å². The van der Waals surface area contributed by atoms with Gasteiger partial charge in [-0.25, -0.2) is 57.5 Å². The number of ether oxygens (including phenoxy) is 12. The molecule has 4 unspecified atom stereocenters. The second-order valence-electron chi connectivity index (χ2n) is 32.5. The van der Waals surface area contributed by atoms with Crippen molar-refractivity contribution in [3.05, 3.63) is 337 Å². The van der Waals surface area contributed by atoms with Crippen LogP contribution < -0.4 is 37.9 Å². The number of esters is 12. The van der Waals surface area contributed by atoms with Gasteiger partial charge in [-0.2, -0.15) is 0 Å². The Balaban J connectivity index is 0.000000198. The highest BCUT2D eigenvalue weighted by Gasteiger charge is 2.31. The molecular formula is C108H104O24. The fourth-order valence-corrected chi connectivity index (χ4v) is 13.8. The SMILES string of the molecule is C=C(C)C(=O)OCC1CCc2cc(-c3cc(OC(=O)C(=C)C)cc(OC(=O)C(=C)C)c3)ccc21.C=C(C)C(=O)Oc1cc(OC(=O)C(=C)C)cc(-c2ccc3c(c2)CC(OC(=O)C(=C)C)C3)c1.C=CC(=O)OC1Cc2ccc(-c3cc(OC(=O)C(=C)C)cc(OC(=O)C(=C)C)c3)cc2C1.C=CC(=O)OCC1CCc2cc(-c3cc(OC(=O)C(=C)C)cc(OC(=O)C(=C)C)c3)ccc21. The van der Waals surface area contributed by atoms with Crippen molar-refractivity contribution in [1.82, 2.24) is 0 Å². The zero-order valence-corrected chi connectivity index (χ0v) is 75.7. The smallest absolute Gasteiger partial charge is 0.338 e. The molecule has 24 nitrogen and oxygen atoms in total. The zero-order valence-electron chi connectivity index (χ0n) is 75.7. The number of hydrogen-bond acceptors (Lipinski definition) is 24. The molecule has 0 bridgehead atoms. The lowest BCUT2D eigenvalue weighted by molar-refractivity contribution is -0.144. The molecule has 132 heavy (non-hydrogen) atoms. The van der Waals surface area contributed by atoms with Crippen LogP contribution in [0.25, 0.3) is 44.5 Å². The lowest BCUT2D eigenvalue weighted by Gasteiger charge is -2.14. The molecule has 0 radical (unpaired) electrons. The maximum absolute atomic E-state index is 12.1. The van der Waals surface area contributed by atoms with Gasteiger partial charge in [0.15, 0.2) is 0 Å². The third-order valence-electron chi connectivity index (χ3n) is 20.6. The van der Waals surface area contributed by atoms with Gasteiger partial charge < -0.3 is 56.8 Å². The van der Waals surface area contributed by atoms with Crippen molar-refractivity contribution in [2.24, 2.45) is 0 Å². The molecule has 24 heteroatoms. The summed E-state index contributed by atoms with van der Waals surface area (Å²) in [5.74, 6) is -4.20. The Morgan fingerprint density at radius 1 is 0.258 bits per heavy atom. The van der Waals surface area contributed by atoms with Gasteiger partial charge >= 0.3 is 71.6 Å². The number of aryl methyl sites for hydroxylation is 2. The summed E-state index contributed by atoms with van der Waals surface area (Å²) in [7, 11) is 0. The van der Waals surface area contributed by atoms with Crippen molar-refractivity contribution in [2.45, 2.75) is 145 Å². The number of hydrogen-bond donors (Lipinski definition) is 0. The van der Waals surface area contributed by atoms with Crippen LogP contribution in [0.4, 0.5) is 0 Å². The topological polar surface area (TPSA) is 316 Å². The quantitative estimate of drug-likeness (QED) is 0.0175. The minimum atomic E-state index is -0.583.